The van der Waals surface area contributed by atoms with E-state index in [9.17, 15) is 13.2 Å². The minimum absolute atomic E-state index is 0.160. The maximum atomic E-state index is 12.3. The zero-order chi connectivity index (χ0) is 16.3. The normalized spacial score (nSPS) is 12.9. The second-order valence-electron chi connectivity index (χ2n) is 5.30. The molecule has 1 atom stereocenters. The Morgan fingerprint density at radius 1 is 1.27 bits per heavy atom. The van der Waals surface area contributed by atoms with Crippen LogP contribution in [0.5, 0.6) is 0 Å². The topological polar surface area (TPSA) is 72.3 Å². The van der Waals surface area contributed by atoms with Crippen molar-refractivity contribution in [1.82, 2.24) is 14.7 Å². The van der Waals surface area contributed by atoms with Crippen molar-refractivity contribution in [3.05, 3.63) is 48.3 Å². The third kappa shape index (κ3) is 3.54. The van der Waals surface area contributed by atoms with Crippen LogP contribution < -0.4 is 0 Å². The van der Waals surface area contributed by atoms with Gasteiger partial charge in [-0.3, -0.25) is 4.79 Å². The Morgan fingerprint density at radius 3 is 2.41 bits per heavy atom. The molecule has 2 aromatic rings. The summed E-state index contributed by atoms with van der Waals surface area (Å²) >= 11 is 0. The van der Waals surface area contributed by atoms with Crippen molar-refractivity contribution in [2.75, 3.05) is 14.1 Å². The van der Waals surface area contributed by atoms with Gasteiger partial charge in [-0.15, -0.1) is 0 Å². The molecule has 6 nitrogen and oxygen atoms in total. The molecule has 0 bridgehead atoms. The van der Waals surface area contributed by atoms with Crippen LogP contribution in [0.15, 0.2) is 42.7 Å². The van der Waals surface area contributed by atoms with Crippen molar-refractivity contribution in [2.24, 2.45) is 0 Å². The second kappa shape index (κ2) is 6.31. The van der Waals surface area contributed by atoms with Gasteiger partial charge in [-0.1, -0.05) is 12.1 Å². The first kappa shape index (κ1) is 16.2. The number of hydrogen-bond donors (Lipinski definition) is 0. The molecule has 0 aliphatic carbocycles. The predicted molar refractivity (Wildman–Crippen MR) is 84.3 cm³/mol. The van der Waals surface area contributed by atoms with Crippen LogP contribution in [0, 0.1) is 0 Å². The number of carbonyl (C=O) groups excluding carboxylic acids is 1. The summed E-state index contributed by atoms with van der Waals surface area (Å²) in [6, 6.07) is 8.89. The number of rotatable bonds is 5. The molecule has 0 fully saturated rings. The van der Waals surface area contributed by atoms with Gasteiger partial charge in [-0.25, -0.2) is 13.1 Å². The monoisotopic (exact) mass is 321 g/mol. The average Bonchev–Trinajstić information content (AvgIpc) is 3.00. The van der Waals surface area contributed by atoms with Crippen molar-refractivity contribution >= 4 is 15.7 Å². The molecule has 1 aromatic carbocycles. The van der Waals surface area contributed by atoms with E-state index in [0.29, 0.717) is 5.56 Å². The minimum Gasteiger partial charge on any atom is -0.348 e. The molecule has 0 saturated heterocycles. The zero-order valence-electron chi connectivity index (χ0n) is 12.8. The summed E-state index contributed by atoms with van der Waals surface area (Å²) in [5, 5.41) is 3.06. The maximum Gasteiger partial charge on any atom is 0.240 e. The van der Waals surface area contributed by atoms with Crippen molar-refractivity contribution in [1.29, 1.82) is 0 Å². The molecule has 2 rings (SSSR count). The van der Waals surface area contributed by atoms with Crippen LogP contribution in [-0.4, -0.2) is 48.4 Å². The summed E-state index contributed by atoms with van der Waals surface area (Å²) in [6.45, 7) is 1.43. The fourth-order valence-corrected chi connectivity index (χ4v) is 3.47. The summed E-state index contributed by atoms with van der Waals surface area (Å²) < 4.78 is 26.3. The van der Waals surface area contributed by atoms with Gasteiger partial charge in [0.25, 0.3) is 0 Å². The standard InChI is InChI=1S/C15H19N3O3S/c1-12(15(19)17(2)3)22(20,21)11-13-5-7-14(8-6-13)18-10-4-9-16-18/h4-10,12H,11H2,1-3H3/t12-/m0/s1. The van der Waals surface area contributed by atoms with Crippen LogP contribution in [0.4, 0.5) is 0 Å². The zero-order valence-corrected chi connectivity index (χ0v) is 13.6. The lowest BCUT2D eigenvalue weighted by Gasteiger charge is -2.17. The molecule has 118 valence electrons. The number of aromatic nitrogens is 2. The third-order valence-corrected chi connectivity index (χ3v) is 5.42. The van der Waals surface area contributed by atoms with Gasteiger partial charge in [0, 0.05) is 26.5 Å². The third-order valence-electron chi connectivity index (χ3n) is 3.40. The molecule has 22 heavy (non-hydrogen) atoms. The summed E-state index contributed by atoms with van der Waals surface area (Å²) in [4.78, 5) is 13.1. The highest BCUT2D eigenvalue weighted by molar-refractivity contribution is 7.92. The highest BCUT2D eigenvalue weighted by atomic mass is 32.2. The number of benzene rings is 1. The number of hydrogen-bond acceptors (Lipinski definition) is 4. The van der Waals surface area contributed by atoms with Crippen LogP contribution in [0.2, 0.25) is 0 Å². The lowest BCUT2D eigenvalue weighted by molar-refractivity contribution is -0.127. The molecule has 7 heteroatoms. The molecule has 1 heterocycles. The highest BCUT2D eigenvalue weighted by Crippen LogP contribution is 2.15. The number of sulfone groups is 1. The Morgan fingerprint density at radius 2 is 1.91 bits per heavy atom. The van der Waals surface area contributed by atoms with E-state index in [-0.39, 0.29) is 5.75 Å². The van der Waals surface area contributed by atoms with E-state index < -0.39 is 21.0 Å². The molecule has 0 aliphatic heterocycles. The van der Waals surface area contributed by atoms with Gasteiger partial charge < -0.3 is 4.90 Å². The van der Waals surface area contributed by atoms with Crippen LogP contribution >= 0.6 is 0 Å². The van der Waals surface area contributed by atoms with E-state index in [2.05, 4.69) is 5.10 Å². The Labute approximate surface area is 130 Å². The van der Waals surface area contributed by atoms with E-state index >= 15 is 0 Å². The van der Waals surface area contributed by atoms with E-state index in [1.54, 1.807) is 49.2 Å². The van der Waals surface area contributed by atoms with E-state index in [1.165, 1.54) is 11.8 Å². The average molecular weight is 321 g/mol. The fourth-order valence-electron chi connectivity index (χ4n) is 2.04. The fraction of sp³-hybridized carbons (Fsp3) is 0.333. The first-order valence-electron chi connectivity index (χ1n) is 6.83. The summed E-state index contributed by atoms with van der Waals surface area (Å²) in [5.74, 6) is -0.569. The largest absolute Gasteiger partial charge is 0.348 e. The molecule has 0 radical (unpaired) electrons. The minimum atomic E-state index is -3.54. The highest BCUT2D eigenvalue weighted by Gasteiger charge is 2.29. The Balaban J connectivity index is 2.15. The molecule has 0 saturated carbocycles. The van der Waals surface area contributed by atoms with Gasteiger partial charge in [0.15, 0.2) is 9.84 Å². The quantitative estimate of drug-likeness (QED) is 0.831. The Bertz CT molecular complexity index is 735. The molecular formula is C15H19N3O3S. The van der Waals surface area contributed by atoms with Crippen molar-refractivity contribution in [2.45, 2.75) is 17.9 Å². The van der Waals surface area contributed by atoms with Crippen LogP contribution in [-0.2, 0) is 20.4 Å². The second-order valence-corrected chi connectivity index (χ2v) is 7.62. The van der Waals surface area contributed by atoms with Crippen molar-refractivity contribution < 1.29 is 13.2 Å². The van der Waals surface area contributed by atoms with E-state index in [0.717, 1.165) is 5.69 Å². The van der Waals surface area contributed by atoms with Crippen LogP contribution in [0.25, 0.3) is 5.69 Å². The molecule has 0 spiro atoms. The summed E-state index contributed by atoms with van der Waals surface area (Å²) in [5.41, 5.74) is 1.50. The van der Waals surface area contributed by atoms with Crippen molar-refractivity contribution in [3.63, 3.8) is 0 Å². The molecule has 0 unspecified atom stereocenters. The molecule has 0 aliphatic rings. The predicted octanol–water partition coefficient (Wildman–Crippen LogP) is 1.26. The van der Waals surface area contributed by atoms with Crippen LogP contribution in [0.3, 0.4) is 0 Å². The lowest BCUT2D eigenvalue weighted by Crippen LogP contribution is -2.37. The summed E-state index contributed by atoms with van der Waals surface area (Å²) in [6.07, 6.45) is 3.48. The van der Waals surface area contributed by atoms with Crippen molar-refractivity contribution in [3.8, 4) is 5.69 Å². The lowest BCUT2D eigenvalue weighted by atomic mass is 10.2. The molecular weight excluding hydrogens is 302 g/mol. The molecule has 1 aromatic heterocycles. The number of amides is 1. The Kier molecular flexibility index (Phi) is 4.65. The van der Waals surface area contributed by atoms with Gasteiger partial charge in [0.2, 0.25) is 5.91 Å². The van der Waals surface area contributed by atoms with Gasteiger partial charge >= 0.3 is 0 Å². The number of carbonyl (C=O) groups is 1. The van der Waals surface area contributed by atoms with E-state index in [1.807, 2.05) is 12.3 Å². The first-order chi connectivity index (χ1) is 10.3. The molecule has 0 N–H and O–H groups in total. The van der Waals surface area contributed by atoms with Gasteiger partial charge in [-0.05, 0) is 30.7 Å². The SMILES string of the molecule is C[C@@H](C(=O)N(C)C)S(=O)(=O)Cc1ccc(-n2cccn2)cc1. The van der Waals surface area contributed by atoms with Gasteiger partial charge in [-0.2, -0.15) is 5.10 Å². The van der Waals surface area contributed by atoms with Gasteiger partial charge in [0.05, 0.1) is 11.4 Å². The first-order valence-corrected chi connectivity index (χ1v) is 8.54. The smallest absolute Gasteiger partial charge is 0.240 e. The maximum absolute atomic E-state index is 12.3. The van der Waals surface area contributed by atoms with Crippen LogP contribution in [0.1, 0.15) is 12.5 Å². The van der Waals surface area contributed by atoms with E-state index in [4.69, 9.17) is 0 Å². The Hall–Kier alpha value is -2.15. The summed E-state index contributed by atoms with van der Waals surface area (Å²) in [7, 11) is -0.440. The van der Waals surface area contributed by atoms with Gasteiger partial charge in [0.1, 0.15) is 5.25 Å². The molecule has 1 amide bonds. The number of nitrogens with zero attached hydrogens (tertiary/aromatic N) is 3.